The number of benzene rings is 4. The fourth-order valence-electron chi connectivity index (χ4n) is 7.63. The SMILES string of the molecule is N[C@@H](Cc1c[nH]c2ccccc12)C(=O)O.O=C(CCCCCCCCCNCCCNC(=O)CCc1ccc(O)c(O)c1)CCc1ccc(O)c(O)c1.O=C(O)c1cc(O[C@@H]2OC[C@@H](O)[C@H](O)[C@H]2O)ccc1O. The lowest BCUT2D eigenvalue weighted by Gasteiger charge is -2.34. The largest absolute Gasteiger partial charge is 0.507 e. The van der Waals surface area contributed by atoms with Gasteiger partial charge in [0.2, 0.25) is 12.2 Å². The van der Waals surface area contributed by atoms with Crippen LogP contribution in [-0.2, 0) is 38.4 Å². The molecule has 20 heteroatoms. The number of fused-ring (bicyclic) bond motifs is 1. The van der Waals surface area contributed by atoms with Crippen LogP contribution in [0.25, 0.3) is 10.9 Å². The van der Waals surface area contributed by atoms with Gasteiger partial charge in [-0.2, -0.15) is 0 Å². The Bertz CT molecular complexity index is 2440. The minimum Gasteiger partial charge on any atom is -0.507 e. The van der Waals surface area contributed by atoms with Gasteiger partial charge in [-0.25, -0.2) is 4.79 Å². The molecule has 2 heterocycles. The maximum atomic E-state index is 12.1. The van der Waals surface area contributed by atoms with E-state index in [9.17, 15) is 60.0 Å². The number of carbonyl (C=O) groups is 4. The molecule has 1 aliphatic rings. The van der Waals surface area contributed by atoms with Crippen LogP contribution in [0.2, 0.25) is 0 Å². The van der Waals surface area contributed by atoms with E-state index >= 15 is 0 Å². The number of aromatic amines is 1. The normalized spacial score (nSPS) is 16.5. The van der Waals surface area contributed by atoms with Crippen molar-refractivity contribution in [2.24, 2.45) is 5.73 Å². The Balaban J connectivity index is 0.000000272. The zero-order chi connectivity index (χ0) is 53.3. The first-order chi connectivity index (χ1) is 34.9. The van der Waals surface area contributed by atoms with Crippen LogP contribution in [0.15, 0.2) is 85.1 Å². The first-order valence-electron chi connectivity index (χ1n) is 24.4. The summed E-state index contributed by atoms with van der Waals surface area (Å²) in [4.78, 5) is 48.5. The number of aromatic nitrogens is 1. The molecule has 1 aliphatic heterocycles. The Kier molecular flexibility index (Phi) is 24.8. The number of hydrogen-bond acceptors (Lipinski definition) is 16. The van der Waals surface area contributed by atoms with Crippen LogP contribution >= 0.6 is 0 Å². The first kappa shape index (κ1) is 58.6. The molecular weight excluding hydrogens is 949 g/mol. The summed E-state index contributed by atoms with van der Waals surface area (Å²) in [6, 6.07) is 19.7. The topological polar surface area (TPSA) is 355 Å². The van der Waals surface area contributed by atoms with Crippen LogP contribution in [0, 0.1) is 0 Å². The number of carboxylic acids is 2. The number of aromatic hydroxyl groups is 5. The summed E-state index contributed by atoms with van der Waals surface area (Å²) in [6.45, 7) is 2.25. The number of aromatic carboxylic acids is 1. The number of phenols is 5. The van der Waals surface area contributed by atoms with Gasteiger partial charge in [-0.3, -0.25) is 14.4 Å². The third kappa shape index (κ3) is 20.6. The molecule has 5 aromatic rings. The molecule has 15 N–H and O–H groups in total. The molecule has 73 heavy (non-hydrogen) atoms. The number of ether oxygens (including phenoxy) is 2. The summed E-state index contributed by atoms with van der Waals surface area (Å²) in [6.07, 6.45) is 8.06. The van der Waals surface area contributed by atoms with E-state index in [0.717, 1.165) is 84.9 Å². The number of aryl methyl sites for hydroxylation is 2. The van der Waals surface area contributed by atoms with Crippen molar-refractivity contribution in [3.63, 3.8) is 0 Å². The van der Waals surface area contributed by atoms with Crippen LogP contribution in [-0.4, -0.2) is 137 Å². The zero-order valence-corrected chi connectivity index (χ0v) is 40.7. The lowest BCUT2D eigenvalue weighted by atomic mass is 10.0. The number of amides is 1. The lowest BCUT2D eigenvalue weighted by molar-refractivity contribution is -0.242. The number of aliphatic hydroxyl groups is 3. The Labute approximate surface area is 423 Å². The minimum absolute atomic E-state index is 0.0165. The number of carboxylic acid groups (broad SMARTS) is 2. The number of nitrogens with two attached hydrogens (primary N) is 1. The van der Waals surface area contributed by atoms with Crippen LogP contribution < -0.4 is 21.1 Å². The van der Waals surface area contributed by atoms with Crippen molar-refractivity contribution in [2.45, 2.75) is 121 Å². The van der Waals surface area contributed by atoms with E-state index in [2.05, 4.69) is 15.6 Å². The number of ketones is 1. The number of phenolic OH excluding ortho intramolecular Hbond substituents is 4. The fraction of sp³-hybridized carbons (Fsp3) is 0.434. The Hall–Kier alpha value is -6.94. The highest BCUT2D eigenvalue weighted by Crippen LogP contribution is 2.28. The summed E-state index contributed by atoms with van der Waals surface area (Å²) in [5.74, 6) is -3.08. The van der Waals surface area contributed by atoms with Gasteiger partial charge < -0.3 is 81.9 Å². The van der Waals surface area contributed by atoms with Crippen LogP contribution in [0.1, 0.15) is 97.7 Å². The molecule has 4 aromatic carbocycles. The molecule has 398 valence electrons. The van der Waals surface area contributed by atoms with Gasteiger partial charge >= 0.3 is 11.9 Å². The average molecular weight is 1020 g/mol. The number of unbranched alkanes of at least 4 members (excludes halogenated alkanes) is 6. The second-order valence-electron chi connectivity index (χ2n) is 17.7. The van der Waals surface area contributed by atoms with Crippen LogP contribution in [0.5, 0.6) is 34.5 Å². The molecule has 0 spiro atoms. The fourth-order valence-corrected chi connectivity index (χ4v) is 7.63. The number of hydrogen-bond donors (Lipinski definition) is 14. The maximum Gasteiger partial charge on any atom is 0.339 e. The molecule has 20 nitrogen and oxygen atoms in total. The molecule has 5 atom stereocenters. The Morgan fingerprint density at radius 1 is 0.671 bits per heavy atom. The molecule has 6 rings (SSSR count). The number of nitrogens with one attached hydrogen (secondary N) is 3. The van der Waals surface area contributed by atoms with Crippen molar-refractivity contribution < 1.29 is 79.7 Å². The second-order valence-corrected chi connectivity index (χ2v) is 17.7. The van der Waals surface area contributed by atoms with Gasteiger partial charge in [0.05, 0.1) is 6.61 Å². The lowest BCUT2D eigenvalue weighted by Crippen LogP contribution is -2.54. The highest BCUT2D eigenvalue weighted by molar-refractivity contribution is 5.91. The number of aliphatic hydroxyl groups excluding tert-OH is 3. The number of aliphatic carboxylic acids is 1. The molecule has 1 saturated heterocycles. The summed E-state index contributed by atoms with van der Waals surface area (Å²) >= 11 is 0. The number of rotatable bonds is 26. The van der Waals surface area contributed by atoms with Crippen molar-refractivity contribution in [3.05, 3.63) is 107 Å². The van der Waals surface area contributed by atoms with Gasteiger partial charge in [0.15, 0.2) is 23.0 Å². The van der Waals surface area contributed by atoms with Crippen molar-refractivity contribution in [3.8, 4) is 34.5 Å². The standard InChI is InChI=1S/C30H44N2O6.C12H14O8.C11H12N2O2/c33-25(14-10-23-11-15-26(34)28(36)21-23)9-6-4-2-1-3-5-7-18-31-19-8-20-32-30(38)17-13-24-12-16-27(35)29(37)22-24;13-7-2-1-5(3-6(7)11(17)18)20-12-10(16)9(15)8(14)4-19-12;12-9(11(14)15)5-7-6-13-10-4-2-1-3-8(7)10/h11-12,15-16,21-22,31,34-37H,1-10,13-14,17-20H2,(H,32,38);1-3,8-10,12-16H,4H2,(H,17,18);1-4,6,9,13H,5,12H2,(H,14,15)/t;8-,9+,10-,12+;9-/m.10/s1. The number of para-hydroxylation sites is 1. The molecule has 0 unspecified atom stereocenters. The molecule has 0 radical (unpaired) electrons. The quantitative estimate of drug-likeness (QED) is 0.0259. The average Bonchev–Trinajstić information content (AvgIpc) is 3.78. The third-order valence-electron chi connectivity index (χ3n) is 11.9. The summed E-state index contributed by atoms with van der Waals surface area (Å²) in [5.41, 5.74) is 8.74. The van der Waals surface area contributed by atoms with Gasteiger partial charge in [0.25, 0.3) is 0 Å². The second kappa shape index (κ2) is 30.8. The van der Waals surface area contributed by atoms with E-state index in [1.165, 1.54) is 49.6 Å². The van der Waals surface area contributed by atoms with E-state index in [4.69, 9.17) is 25.4 Å². The number of carbonyl (C=O) groups excluding carboxylic acids is 2. The highest BCUT2D eigenvalue weighted by atomic mass is 16.7. The van der Waals surface area contributed by atoms with Crippen molar-refractivity contribution in [2.75, 3.05) is 26.2 Å². The predicted octanol–water partition coefficient (Wildman–Crippen LogP) is 4.89. The number of Topliss-reactive ketones (excluding diaryl/α,β-unsaturated/α-hetero) is 1. The van der Waals surface area contributed by atoms with Gasteiger partial charge in [-0.05, 0) is 110 Å². The maximum absolute atomic E-state index is 12.1. The Morgan fingerprint density at radius 3 is 1.92 bits per heavy atom. The number of H-pyrrole nitrogens is 1. The zero-order valence-electron chi connectivity index (χ0n) is 40.7. The van der Waals surface area contributed by atoms with E-state index in [1.54, 1.807) is 12.1 Å². The van der Waals surface area contributed by atoms with E-state index in [0.29, 0.717) is 45.1 Å². The molecule has 1 amide bonds. The Morgan fingerprint density at radius 2 is 1.27 bits per heavy atom. The monoisotopic (exact) mass is 1020 g/mol. The molecule has 0 bridgehead atoms. The van der Waals surface area contributed by atoms with Crippen molar-refractivity contribution in [1.82, 2.24) is 15.6 Å². The summed E-state index contributed by atoms with van der Waals surface area (Å²) < 4.78 is 10.2. The highest BCUT2D eigenvalue weighted by Gasteiger charge is 2.39. The third-order valence-corrected chi connectivity index (χ3v) is 11.9. The van der Waals surface area contributed by atoms with Gasteiger partial charge in [-0.15, -0.1) is 0 Å². The van der Waals surface area contributed by atoms with E-state index < -0.39 is 48.3 Å². The van der Waals surface area contributed by atoms with Gasteiger partial charge in [0.1, 0.15) is 47.2 Å². The van der Waals surface area contributed by atoms with Crippen LogP contribution in [0.4, 0.5) is 0 Å². The molecule has 0 saturated carbocycles. The molecule has 1 aromatic heterocycles. The minimum atomic E-state index is -1.49. The molecular formula is C53H70N4O16. The van der Waals surface area contributed by atoms with Gasteiger partial charge in [0, 0.05) is 49.3 Å². The van der Waals surface area contributed by atoms with E-state index in [-0.39, 0.29) is 52.6 Å². The predicted molar refractivity (Wildman–Crippen MR) is 270 cm³/mol. The van der Waals surface area contributed by atoms with Gasteiger partial charge in [-0.1, -0.05) is 62.4 Å². The van der Waals surface area contributed by atoms with Crippen molar-refractivity contribution in [1.29, 1.82) is 0 Å². The molecule has 1 fully saturated rings. The van der Waals surface area contributed by atoms with Crippen molar-refractivity contribution >= 4 is 34.5 Å². The van der Waals surface area contributed by atoms with Crippen LogP contribution in [0.3, 0.4) is 0 Å². The summed E-state index contributed by atoms with van der Waals surface area (Å²) in [5, 5.41) is 100. The first-order valence-corrected chi connectivity index (χ1v) is 24.4. The van der Waals surface area contributed by atoms with E-state index in [1.807, 2.05) is 30.5 Å². The summed E-state index contributed by atoms with van der Waals surface area (Å²) in [7, 11) is 0. The molecule has 0 aliphatic carbocycles. The smallest absolute Gasteiger partial charge is 0.339 e.